The van der Waals surface area contributed by atoms with Gasteiger partial charge in [0, 0.05) is 0 Å². The Morgan fingerprint density at radius 2 is 2.12 bits per heavy atom. The molecule has 1 saturated heterocycles. The molecule has 0 saturated carbocycles. The van der Waals surface area contributed by atoms with Crippen LogP contribution in [-0.4, -0.2) is 20.2 Å². The molecular formula is C14H23NO. The molecule has 0 aromatic carbocycles. The molecule has 1 fully saturated rings. The van der Waals surface area contributed by atoms with E-state index in [4.69, 9.17) is 4.74 Å². The SMILES string of the molecule is C=C/C(OC)=C(\C=C/CC)C1CCNCC1. The zero-order valence-corrected chi connectivity index (χ0v) is 10.5. The van der Waals surface area contributed by atoms with Crippen molar-refractivity contribution in [3.63, 3.8) is 0 Å². The standard InChI is InChI=1S/C14H23NO/c1-4-6-7-13(14(5-2)16-3)12-8-10-15-11-9-12/h5-7,12,15H,2,4,8-11H2,1,3H3/b7-6-,14-13-. The van der Waals surface area contributed by atoms with E-state index < -0.39 is 0 Å². The molecule has 0 atom stereocenters. The van der Waals surface area contributed by atoms with Crippen molar-refractivity contribution in [3.05, 3.63) is 36.1 Å². The van der Waals surface area contributed by atoms with E-state index in [2.05, 4.69) is 31.0 Å². The van der Waals surface area contributed by atoms with Crippen molar-refractivity contribution >= 4 is 0 Å². The fourth-order valence-electron chi connectivity index (χ4n) is 2.12. The Labute approximate surface area is 99.1 Å². The summed E-state index contributed by atoms with van der Waals surface area (Å²) >= 11 is 0. The lowest BCUT2D eigenvalue weighted by molar-refractivity contribution is 0.293. The number of piperidine rings is 1. The lowest BCUT2D eigenvalue weighted by Crippen LogP contribution is -2.28. The largest absolute Gasteiger partial charge is 0.496 e. The number of methoxy groups -OCH3 is 1. The number of ether oxygens (including phenoxy) is 1. The molecule has 0 aromatic rings. The first-order chi connectivity index (χ1) is 7.83. The van der Waals surface area contributed by atoms with Gasteiger partial charge in [-0.25, -0.2) is 0 Å². The Kier molecular flexibility index (Phi) is 5.94. The molecule has 1 aliphatic rings. The van der Waals surface area contributed by atoms with Crippen molar-refractivity contribution in [1.29, 1.82) is 0 Å². The molecule has 1 heterocycles. The minimum atomic E-state index is 0.608. The van der Waals surface area contributed by atoms with Gasteiger partial charge < -0.3 is 10.1 Å². The van der Waals surface area contributed by atoms with E-state index in [1.54, 1.807) is 7.11 Å². The summed E-state index contributed by atoms with van der Waals surface area (Å²) in [5.41, 5.74) is 1.31. The summed E-state index contributed by atoms with van der Waals surface area (Å²) in [6, 6.07) is 0. The topological polar surface area (TPSA) is 21.3 Å². The Balaban J connectivity index is 2.88. The molecule has 0 amide bonds. The highest BCUT2D eigenvalue weighted by Crippen LogP contribution is 2.26. The van der Waals surface area contributed by atoms with E-state index in [0.717, 1.165) is 25.3 Å². The summed E-state index contributed by atoms with van der Waals surface area (Å²) in [5.74, 6) is 1.54. The fraction of sp³-hybridized carbons (Fsp3) is 0.571. The van der Waals surface area contributed by atoms with Crippen LogP contribution in [0.5, 0.6) is 0 Å². The summed E-state index contributed by atoms with van der Waals surface area (Å²) in [7, 11) is 1.72. The van der Waals surface area contributed by atoms with Crippen molar-refractivity contribution in [1.82, 2.24) is 5.32 Å². The Morgan fingerprint density at radius 1 is 1.44 bits per heavy atom. The maximum absolute atomic E-state index is 5.40. The molecule has 1 rings (SSSR count). The molecule has 2 heteroatoms. The fourth-order valence-corrected chi connectivity index (χ4v) is 2.12. The van der Waals surface area contributed by atoms with E-state index in [1.807, 2.05) is 6.08 Å². The third-order valence-corrected chi connectivity index (χ3v) is 3.00. The lowest BCUT2D eigenvalue weighted by atomic mass is 9.88. The quantitative estimate of drug-likeness (QED) is 0.569. The molecule has 0 bridgehead atoms. The van der Waals surface area contributed by atoms with Gasteiger partial charge in [0.25, 0.3) is 0 Å². The van der Waals surface area contributed by atoms with E-state index in [1.165, 1.54) is 18.4 Å². The number of allylic oxidation sites excluding steroid dienone is 4. The molecule has 0 aromatic heterocycles. The third-order valence-electron chi connectivity index (χ3n) is 3.00. The van der Waals surface area contributed by atoms with Crippen LogP contribution in [0.4, 0.5) is 0 Å². The average Bonchev–Trinajstić information content (AvgIpc) is 2.35. The molecule has 0 unspecified atom stereocenters. The van der Waals surface area contributed by atoms with Gasteiger partial charge in [-0.05, 0) is 49.9 Å². The summed E-state index contributed by atoms with van der Waals surface area (Å²) in [4.78, 5) is 0. The van der Waals surface area contributed by atoms with Crippen molar-refractivity contribution in [2.45, 2.75) is 26.2 Å². The molecule has 2 nitrogen and oxygen atoms in total. The summed E-state index contributed by atoms with van der Waals surface area (Å²) in [6.45, 7) is 8.17. The van der Waals surface area contributed by atoms with E-state index in [-0.39, 0.29) is 0 Å². The van der Waals surface area contributed by atoms with Gasteiger partial charge in [0.1, 0.15) is 5.76 Å². The van der Waals surface area contributed by atoms with E-state index in [0.29, 0.717) is 5.92 Å². The molecule has 0 aliphatic carbocycles. The second-order valence-corrected chi connectivity index (χ2v) is 4.06. The second kappa shape index (κ2) is 7.29. The van der Waals surface area contributed by atoms with Gasteiger partial charge in [-0.2, -0.15) is 0 Å². The van der Waals surface area contributed by atoms with Gasteiger partial charge in [-0.3, -0.25) is 0 Å². The lowest BCUT2D eigenvalue weighted by Gasteiger charge is -2.25. The number of nitrogens with one attached hydrogen (secondary N) is 1. The predicted molar refractivity (Wildman–Crippen MR) is 69.3 cm³/mol. The first-order valence-corrected chi connectivity index (χ1v) is 6.11. The molecule has 0 spiro atoms. The third kappa shape index (κ3) is 3.53. The first-order valence-electron chi connectivity index (χ1n) is 6.11. The molecule has 1 N–H and O–H groups in total. The van der Waals surface area contributed by atoms with Crippen LogP contribution in [0.1, 0.15) is 26.2 Å². The van der Waals surface area contributed by atoms with Gasteiger partial charge in [-0.1, -0.05) is 25.7 Å². The highest BCUT2D eigenvalue weighted by molar-refractivity contribution is 5.31. The number of hydrogen-bond acceptors (Lipinski definition) is 2. The normalized spacial score (nSPS) is 19.6. The Hall–Kier alpha value is -1.02. The highest BCUT2D eigenvalue weighted by Gasteiger charge is 2.18. The maximum atomic E-state index is 5.40. The summed E-state index contributed by atoms with van der Waals surface area (Å²) < 4.78 is 5.40. The highest BCUT2D eigenvalue weighted by atomic mass is 16.5. The van der Waals surface area contributed by atoms with Gasteiger partial charge in [-0.15, -0.1) is 0 Å². The molecule has 90 valence electrons. The monoisotopic (exact) mass is 221 g/mol. The Morgan fingerprint density at radius 3 is 2.62 bits per heavy atom. The zero-order chi connectivity index (χ0) is 11.8. The van der Waals surface area contributed by atoms with Gasteiger partial charge in [0.2, 0.25) is 0 Å². The van der Waals surface area contributed by atoms with Crippen LogP contribution in [0.25, 0.3) is 0 Å². The maximum Gasteiger partial charge on any atom is 0.121 e. The molecular weight excluding hydrogens is 198 g/mol. The van der Waals surface area contributed by atoms with Crippen LogP contribution in [0.3, 0.4) is 0 Å². The van der Waals surface area contributed by atoms with E-state index in [9.17, 15) is 0 Å². The van der Waals surface area contributed by atoms with Gasteiger partial charge >= 0.3 is 0 Å². The zero-order valence-electron chi connectivity index (χ0n) is 10.5. The van der Waals surface area contributed by atoms with Gasteiger partial charge in [0.15, 0.2) is 0 Å². The van der Waals surface area contributed by atoms with Crippen molar-refractivity contribution in [2.75, 3.05) is 20.2 Å². The predicted octanol–water partition coefficient (Wildman–Crippen LogP) is 3.04. The van der Waals surface area contributed by atoms with Crippen LogP contribution in [0, 0.1) is 5.92 Å². The smallest absolute Gasteiger partial charge is 0.121 e. The Bertz CT molecular complexity index is 272. The van der Waals surface area contributed by atoms with Crippen molar-refractivity contribution in [2.24, 2.45) is 5.92 Å². The minimum Gasteiger partial charge on any atom is -0.496 e. The summed E-state index contributed by atoms with van der Waals surface area (Å²) in [6.07, 6.45) is 9.64. The second-order valence-electron chi connectivity index (χ2n) is 4.06. The van der Waals surface area contributed by atoms with Crippen LogP contribution in [0.15, 0.2) is 36.1 Å². The first kappa shape index (κ1) is 13.0. The van der Waals surface area contributed by atoms with Crippen molar-refractivity contribution in [3.8, 4) is 0 Å². The van der Waals surface area contributed by atoms with Gasteiger partial charge in [0.05, 0.1) is 7.11 Å². The minimum absolute atomic E-state index is 0.608. The number of hydrogen-bond donors (Lipinski definition) is 1. The molecule has 0 radical (unpaired) electrons. The molecule has 16 heavy (non-hydrogen) atoms. The van der Waals surface area contributed by atoms with Crippen LogP contribution in [0.2, 0.25) is 0 Å². The van der Waals surface area contributed by atoms with Crippen molar-refractivity contribution < 1.29 is 4.74 Å². The van der Waals surface area contributed by atoms with E-state index >= 15 is 0 Å². The summed E-state index contributed by atoms with van der Waals surface area (Å²) in [5, 5.41) is 3.39. The van der Waals surface area contributed by atoms with Crippen LogP contribution in [-0.2, 0) is 4.74 Å². The number of rotatable bonds is 5. The van der Waals surface area contributed by atoms with Crippen LogP contribution >= 0.6 is 0 Å². The average molecular weight is 221 g/mol. The van der Waals surface area contributed by atoms with Crippen LogP contribution < -0.4 is 5.32 Å². The molecule has 1 aliphatic heterocycles.